The first-order valence-corrected chi connectivity index (χ1v) is 8.76. The van der Waals surface area contributed by atoms with E-state index in [4.69, 9.17) is 11.6 Å². The smallest absolute Gasteiger partial charge is 0.321 e. The standard InChI is InChI=1S/C17H22ClFN4O2/c1-22-8-9-23(11-17(22)5-4-15(24)20-7-6-17)16(25)21-12-2-3-14(19)13(18)10-12/h2-3,10H,4-9,11H2,1H3,(H,20,24)(H,21,25). The maximum atomic E-state index is 13.2. The van der Waals surface area contributed by atoms with E-state index in [0.717, 1.165) is 19.4 Å². The molecule has 2 saturated heterocycles. The molecule has 136 valence electrons. The highest BCUT2D eigenvalue weighted by atomic mass is 35.5. The van der Waals surface area contributed by atoms with Crippen molar-refractivity contribution in [1.29, 1.82) is 0 Å². The lowest BCUT2D eigenvalue weighted by Crippen LogP contribution is -2.62. The van der Waals surface area contributed by atoms with E-state index < -0.39 is 5.82 Å². The highest BCUT2D eigenvalue weighted by molar-refractivity contribution is 6.31. The molecule has 3 rings (SSSR count). The second kappa shape index (κ2) is 7.17. The van der Waals surface area contributed by atoms with Gasteiger partial charge in [-0.15, -0.1) is 0 Å². The average Bonchev–Trinajstić information content (AvgIpc) is 2.76. The lowest BCUT2D eigenvalue weighted by Gasteiger charge is -2.49. The number of carbonyl (C=O) groups is 2. The van der Waals surface area contributed by atoms with Gasteiger partial charge in [0, 0.05) is 43.8 Å². The monoisotopic (exact) mass is 368 g/mol. The molecule has 25 heavy (non-hydrogen) atoms. The SMILES string of the molecule is CN1CCN(C(=O)Nc2ccc(F)c(Cl)c2)CC12CCNC(=O)CC2. The number of hydrogen-bond acceptors (Lipinski definition) is 3. The van der Waals surface area contributed by atoms with Crippen molar-refractivity contribution in [3.8, 4) is 0 Å². The first-order valence-electron chi connectivity index (χ1n) is 8.39. The van der Waals surface area contributed by atoms with E-state index in [9.17, 15) is 14.0 Å². The zero-order valence-corrected chi connectivity index (χ0v) is 14.9. The third-order valence-corrected chi connectivity index (χ3v) is 5.48. The van der Waals surface area contributed by atoms with E-state index >= 15 is 0 Å². The molecule has 1 atom stereocenters. The molecule has 0 aromatic heterocycles. The topological polar surface area (TPSA) is 64.7 Å². The number of benzene rings is 1. The van der Waals surface area contributed by atoms with Crippen molar-refractivity contribution in [2.45, 2.75) is 24.8 Å². The fourth-order valence-corrected chi connectivity index (χ4v) is 3.73. The molecule has 1 spiro atoms. The van der Waals surface area contributed by atoms with E-state index in [1.165, 1.54) is 18.2 Å². The zero-order valence-electron chi connectivity index (χ0n) is 14.1. The van der Waals surface area contributed by atoms with Crippen LogP contribution in [0.25, 0.3) is 0 Å². The molecule has 1 aromatic rings. The van der Waals surface area contributed by atoms with Crippen molar-refractivity contribution < 1.29 is 14.0 Å². The van der Waals surface area contributed by atoms with E-state index in [1.807, 2.05) is 7.05 Å². The van der Waals surface area contributed by atoms with Crippen LogP contribution in [-0.4, -0.2) is 60.5 Å². The molecular formula is C17H22ClFN4O2. The third-order valence-electron chi connectivity index (χ3n) is 5.19. The number of halogens is 2. The summed E-state index contributed by atoms with van der Waals surface area (Å²) in [4.78, 5) is 28.3. The maximum Gasteiger partial charge on any atom is 0.321 e. The molecule has 1 aromatic carbocycles. The summed E-state index contributed by atoms with van der Waals surface area (Å²) in [6.45, 7) is 2.51. The third kappa shape index (κ3) is 3.88. The van der Waals surface area contributed by atoms with Gasteiger partial charge in [0.25, 0.3) is 0 Å². The van der Waals surface area contributed by atoms with Crippen LogP contribution in [0.4, 0.5) is 14.9 Å². The van der Waals surface area contributed by atoms with E-state index in [1.54, 1.807) is 4.90 Å². The van der Waals surface area contributed by atoms with Crippen LogP contribution in [0.3, 0.4) is 0 Å². The van der Waals surface area contributed by atoms with Gasteiger partial charge >= 0.3 is 6.03 Å². The lowest BCUT2D eigenvalue weighted by atomic mass is 9.86. The summed E-state index contributed by atoms with van der Waals surface area (Å²) in [6.07, 6.45) is 2.00. The van der Waals surface area contributed by atoms with Gasteiger partial charge in [0.1, 0.15) is 5.82 Å². The number of amides is 3. The number of carbonyl (C=O) groups excluding carboxylic acids is 2. The largest absolute Gasteiger partial charge is 0.356 e. The number of hydrogen-bond donors (Lipinski definition) is 2. The van der Waals surface area contributed by atoms with Gasteiger partial charge in [0.2, 0.25) is 5.91 Å². The fourth-order valence-electron chi connectivity index (χ4n) is 3.55. The summed E-state index contributed by atoms with van der Waals surface area (Å²) in [7, 11) is 2.05. The van der Waals surface area contributed by atoms with Crippen molar-refractivity contribution >= 4 is 29.2 Å². The highest BCUT2D eigenvalue weighted by Crippen LogP contribution is 2.30. The van der Waals surface area contributed by atoms with Gasteiger partial charge in [-0.3, -0.25) is 9.69 Å². The molecule has 8 heteroatoms. The van der Waals surface area contributed by atoms with Crippen LogP contribution < -0.4 is 10.6 Å². The van der Waals surface area contributed by atoms with Crippen molar-refractivity contribution in [1.82, 2.24) is 15.1 Å². The molecule has 2 N–H and O–H groups in total. The van der Waals surface area contributed by atoms with E-state index in [0.29, 0.717) is 31.7 Å². The van der Waals surface area contributed by atoms with Crippen LogP contribution in [-0.2, 0) is 4.79 Å². The number of urea groups is 1. The molecule has 2 fully saturated rings. The van der Waals surface area contributed by atoms with Gasteiger partial charge in [-0.1, -0.05) is 11.6 Å². The Morgan fingerprint density at radius 1 is 1.36 bits per heavy atom. The summed E-state index contributed by atoms with van der Waals surface area (Å²) in [5, 5.41) is 5.65. The molecule has 2 aliphatic rings. The minimum Gasteiger partial charge on any atom is -0.356 e. The number of anilines is 1. The Kier molecular flexibility index (Phi) is 5.15. The van der Waals surface area contributed by atoms with Gasteiger partial charge in [0.15, 0.2) is 0 Å². The van der Waals surface area contributed by atoms with Gasteiger partial charge in [-0.2, -0.15) is 0 Å². The predicted octanol–water partition coefficient (Wildman–Crippen LogP) is 2.30. The van der Waals surface area contributed by atoms with Crippen molar-refractivity contribution in [3.05, 3.63) is 29.0 Å². The number of nitrogens with zero attached hydrogens (tertiary/aromatic N) is 2. The van der Waals surface area contributed by atoms with Gasteiger partial charge in [0.05, 0.1) is 5.02 Å². The first-order chi connectivity index (χ1) is 11.9. The Bertz CT molecular complexity index is 687. The quantitative estimate of drug-likeness (QED) is 0.799. The molecule has 0 saturated carbocycles. The van der Waals surface area contributed by atoms with E-state index in [-0.39, 0.29) is 22.5 Å². The van der Waals surface area contributed by atoms with Gasteiger partial charge in [-0.05, 0) is 38.1 Å². The second-order valence-electron chi connectivity index (χ2n) is 6.73. The van der Waals surface area contributed by atoms with Crippen LogP contribution in [0, 0.1) is 5.82 Å². The highest BCUT2D eigenvalue weighted by Gasteiger charge is 2.42. The molecule has 2 heterocycles. The van der Waals surface area contributed by atoms with E-state index in [2.05, 4.69) is 15.5 Å². The van der Waals surface area contributed by atoms with Crippen LogP contribution >= 0.6 is 11.6 Å². The van der Waals surface area contributed by atoms with Gasteiger partial charge in [-0.25, -0.2) is 9.18 Å². The summed E-state index contributed by atoms with van der Waals surface area (Å²) >= 11 is 5.77. The second-order valence-corrected chi connectivity index (χ2v) is 7.13. The molecule has 1 unspecified atom stereocenters. The normalized spacial score (nSPS) is 24.8. The first kappa shape index (κ1) is 17.9. The molecule has 0 radical (unpaired) electrons. The number of rotatable bonds is 1. The van der Waals surface area contributed by atoms with Crippen LogP contribution in [0.1, 0.15) is 19.3 Å². The Balaban J connectivity index is 1.70. The molecule has 3 amide bonds. The predicted molar refractivity (Wildman–Crippen MR) is 94.2 cm³/mol. The number of piperazine rings is 1. The molecule has 0 aliphatic carbocycles. The molecular weight excluding hydrogens is 347 g/mol. The minimum atomic E-state index is -0.520. The van der Waals surface area contributed by atoms with Crippen molar-refractivity contribution in [2.75, 3.05) is 38.5 Å². The number of nitrogens with one attached hydrogen (secondary N) is 2. The van der Waals surface area contributed by atoms with Crippen molar-refractivity contribution in [3.63, 3.8) is 0 Å². The van der Waals surface area contributed by atoms with Gasteiger partial charge < -0.3 is 15.5 Å². The minimum absolute atomic E-state index is 0.0268. The Morgan fingerprint density at radius 2 is 2.16 bits per heavy atom. The van der Waals surface area contributed by atoms with Crippen LogP contribution in [0.2, 0.25) is 5.02 Å². The molecule has 0 bridgehead atoms. The lowest BCUT2D eigenvalue weighted by molar-refractivity contribution is -0.121. The Hall–Kier alpha value is -1.86. The molecule has 2 aliphatic heterocycles. The maximum absolute atomic E-state index is 13.2. The Labute approximate surface area is 151 Å². The molecule has 6 nitrogen and oxygen atoms in total. The summed E-state index contributed by atoms with van der Waals surface area (Å²) in [5.74, 6) is -0.457. The summed E-state index contributed by atoms with van der Waals surface area (Å²) in [6, 6.07) is 3.87. The number of likely N-dealkylation sites (N-methyl/N-ethyl adjacent to an activating group) is 1. The van der Waals surface area contributed by atoms with Crippen molar-refractivity contribution in [2.24, 2.45) is 0 Å². The Morgan fingerprint density at radius 3 is 2.92 bits per heavy atom. The average molecular weight is 369 g/mol. The summed E-state index contributed by atoms with van der Waals surface area (Å²) < 4.78 is 13.2. The zero-order chi connectivity index (χ0) is 18.0. The summed E-state index contributed by atoms with van der Waals surface area (Å²) in [5.41, 5.74) is 0.261. The van der Waals surface area contributed by atoms with Crippen LogP contribution in [0.5, 0.6) is 0 Å². The fraction of sp³-hybridized carbons (Fsp3) is 0.529. The van der Waals surface area contributed by atoms with Crippen LogP contribution in [0.15, 0.2) is 18.2 Å².